The Morgan fingerprint density at radius 1 is 1.67 bits per heavy atom. The summed E-state index contributed by atoms with van der Waals surface area (Å²) in [5.41, 5.74) is 0.998. The van der Waals surface area contributed by atoms with Crippen LogP contribution in [0.4, 0.5) is 6.01 Å². The zero-order chi connectivity index (χ0) is 9.14. The molecule has 1 rings (SSSR count). The number of hydrogen-bond donors (Lipinski definition) is 0. The summed E-state index contributed by atoms with van der Waals surface area (Å²) in [7, 11) is 1.90. The fourth-order valence-electron chi connectivity index (χ4n) is 0.892. The highest BCUT2D eigenvalue weighted by atomic mass is 16.4. The first kappa shape index (κ1) is 8.84. The maximum absolute atomic E-state index is 5.12. The van der Waals surface area contributed by atoms with E-state index in [1.165, 1.54) is 0 Å². The highest BCUT2D eigenvalue weighted by Gasteiger charge is 2.11. The lowest BCUT2D eigenvalue weighted by molar-refractivity contribution is 0.547. The third-order valence-corrected chi connectivity index (χ3v) is 1.80. The lowest BCUT2D eigenvalue weighted by Crippen LogP contribution is -2.19. The van der Waals surface area contributed by atoms with Crippen LogP contribution in [0.25, 0.3) is 0 Å². The van der Waals surface area contributed by atoms with Gasteiger partial charge in [-0.1, -0.05) is 20.4 Å². The molecule has 0 aromatic carbocycles. The lowest BCUT2D eigenvalue weighted by atomic mass is 10.1. The summed E-state index contributed by atoms with van der Waals surface area (Å²) in [6.07, 6.45) is 3.18. The molecule has 0 bridgehead atoms. The maximum Gasteiger partial charge on any atom is 0.301 e. The predicted octanol–water partition coefficient (Wildman–Crippen LogP) is 2.28. The van der Waals surface area contributed by atoms with Crippen LogP contribution in [0.2, 0.25) is 0 Å². The first-order chi connectivity index (χ1) is 5.63. The Morgan fingerprint density at radius 2 is 2.33 bits per heavy atom. The molecule has 0 aliphatic heterocycles. The van der Waals surface area contributed by atoms with E-state index in [-0.39, 0.29) is 0 Å². The van der Waals surface area contributed by atoms with Gasteiger partial charge in [0, 0.05) is 12.7 Å². The van der Waals surface area contributed by atoms with Crippen LogP contribution in [0.5, 0.6) is 0 Å². The summed E-state index contributed by atoms with van der Waals surface area (Å²) < 4.78 is 5.12. The van der Waals surface area contributed by atoms with Crippen molar-refractivity contribution in [3.05, 3.63) is 24.7 Å². The Labute approximate surface area is 72.7 Å². The molecular formula is C9H14N2O. The highest BCUT2D eigenvalue weighted by Crippen LogP contribution is 2.18. The van der Waals surface area contributed by atoms with Crippen molar-refractivity contribution in [2.75, 3.05) is 11.9 Å². The molecule has 0 aliphatic carbocycles. The van der Waals surface area contributed by atoms with Gasteiger partial charge in [0.25, 0.3) is 0 Å². The SMILES string of the molecule is C=C(C(C)C)N(C)c1ncco1. The molecule has 0 unspecified atom stereocenters. The Hall–Kier alpha value is -1.25. The van der Waals surface area contributed by atoms with Crippen LogP contribution in [-0.2, 0) is 0 Å². The molecular weight excluding hydrogens is 152 g/mol. The molecule has 0 saturated heterocycles. The summed E-state index contributed by atoms with van der Waals surface area (Å²) >= 11 is 0. The molecule has 0 aliphatic rings. The van der Waals surface area contributed by atoms with Crippen molar-refractivity contribution in [2.45, 2.75) is 13.8 Å². The van der Waals surface area contributed by atoms with E-state index in [1.54, 1.807) is 12.5 Å². The van der Waals surface area contributed by atoms with Crippen molar-refractivity contribution >= 4 is 6.01 Å². The van der Waals surface area contributed by atoms with Crippen molar-refractivity contribution in [3.8, 4) is 0 Å². The molecule has 3 heteroatoms. The molecule has 3 nitrogen and oxygen atoms in total. The predicted molar refractivity (Wildman–Crippen MR) is 48.9 cm³/mol. The van der Waals surface area contributed by atoms with Crippen LogP contribution in [0.3, 0.4) is 0 Å². The average Bonchev–Trinajstić information content (AvgIpc) is 2.53. The van der Waals surface area contributed by atoms with Gasteiger partial charge in [-0.2, -0.15) is 0 Å². The second-order valence-electron chi connectivity index (χ2n) is 3.02. The van der Waals surface area contributed by atoms with Gasteiger partial charge in [0.15, 0.2) is 0 Å². The molecule has 0 atom stereocenters. The second-order valence-corrected chi connectivity index (χ2v) is 3.02. The van der Waals surface area contributed by atoms with Crippen LogP contribution in [-0.4, -0.2) is 12.0 Å². The van der Waals surface area contributed by atoms with E-state index >= 15 is 0 Å². The van der Waals surface area contributed by atoms with Crippen LogP contribution in [0.15, 0.2) is 29.2 Å². The van der Waals surface area contributed by atoms with Gasteiger partial charge < -0.3 is 9.32 Å². The van der Waals surface area contributed by atoms with Gasteiger partial charge in [-0.05, 0) is 5.92 Å². The number of rotatable bonds is 3. The molecule has 1 heterocycles. The van der Waals surface area contributed by atoms with Crippen LogP contribution in [0.1, 0.15) is 13.8 Å². The summed E-state index contributed by atoms with van der Waals surface area (Å²) in [6, 6.07) is 0.591. The Bertz CT molecular complexity index is 252. The molecule has 1 aromatic heterocycles. The number of nitrogens with zero attached hydrogens (tertiary/aromatic N) is 2. The Balaban J connectivity index is 2.72. The Kier molecular flexibility index (Phi) is 2.53. The number of anilines is 1. The smallest absolute Gasteiger partial charge is 0.301 e. The normalized spacial score (nSPS) is 10.3. The van der Waals surface area contributed by atoms with Crippen LogP contribution < -0.4 is 4.90 Å². The molecule has 0 fully saturated rings. The zero-order valence-electron chi connectivity index (χ0n) is 7.74. The molecule has 0 amide bonds. The summed E-state index contributed by atoms with van der Waals surface area (Å²) in [6.45, 7) is 8.11. The van der Waals surface area contributed by atoms with E-state index in [0.717, 1.165) is 5.70 Å². The van der Waals surface area contributed by atoms with Gasteiger partial charge in [-0.15, -0.1) is 0 Å². The molecule has 0 spiro atoms. The van der Waals surface area contributed by atoms with Crippen molar-refractivity contribution < 1.29 is 4.42 Å². The number of oxazole rings is 1. The zero-order valence-corrected chi connectivity index (χ0v) is 7.74. The molecule has 0 N–H and O–H groups in total. The summed E-state index contributed by atoms with van der Waals surface area (Å²) in [4.78, 5) is 5.87. The third kappa shape index (κ3) is 1.67. The summed E-state index contributed by atoms with van der Waals surface area (Å²) in [5.74, 6) is 0.405. The molecule has 0 saturated carbocycles. The molecule has 0 radical (unpaired) electrons. The summed E-state index contributed by atoms with van der Waals surface area (Å²) in [5, 5.41) is 0. The van der Waals surface area contributed by atoms with E-state index < -0.39 is 0 Å². The molecule has 66 valence electrons. The van der Waals surface area contributed by atoms with Crippen molar-refractivity contribution in [1.29, 1.82) is 0 Å². The van der Waals surface area contributed by atoms with Gasteiger partial charge in [0.2, 0.25) is 0 Å². The quantitative estimate of drug-likeness (QED) is 0.689. The van der Waals surface area contributed by atoms with Crippen molar-refractivity contribution in [1.82, 2.24) is 4.98 Å². The Morgan fingerprint density at radius 3 is 2.75 bits per heavy atom. The second kappa shape index (κ2) is 3.43. The fraction of sp³-hybridized carbons (Fsp3) is 0.444. The number of allylic oxidation sites excluding steroid dienone is 1. The van der Waals surface area contributed by atoms with Gasteiger partial charge in [0.05, 0.1) is 6.20 Å². The van der Waals surface area contributed by atoms with Gasteiger partial charge in [-0.25, -0.2) is 4.98 Å². The number of hydrogen-bond acceptors (Lipinski definition) is 3. The minimum Gasteiger partial charge on any atom is -0.432 e. The van der Waals surface area contributed by atoms with E-state index in [1.807, 2.05) is 11.9 Å². The van der Waals surface area contributed by atoms with Crippen molar-refractivity contribution in [2.24, 2.45) is 5.92 Å². The monoisotopic (exact) mass is 166 g/mol. The molecule has 1 aromatic rings. The first-order valence-corrected chi connectivity index (χ1v) is 3.95. The highest BCUT2D eigenvalue weighted by molar-refractivity contribution is 5.34. The third-order valence-electron chi connectivity index (χ3n) is 1.80. The minimum absolute atomic E-state index is 0.405. The fourth-order valence-corrected chi connectivity index (χ4v) is 0.892. The first-order valence-electron chi connectivity index (χ1n) is 3.95. The van der Waals surface area contributed by atoms with E-state index in [9.17, 15) is 0 Å². The van der Waals surface area contributed by atoms with Crippen LogP contribution in [0, 0.1) is 5.92 Å². The lowest BCUT2D eigenvalue weighted by Gasteiger charge is -2.19. The van der Waals surface area contributed by atoms with Gasteiger partial charge in [-0.3, -0.25) is 0 Å². The van der Waals surface area contributed by atoms with Gasteiger partial charge >= 0.3 is 6.01 Å². The maximum atomic E-state index is 5.12. The van der Waals surface area contributed by atoms with Crippen LogP contribution >= 0.6 is 0 Å². The minimum atomic E-state index is 0.405. The topological polar surface area (TPSA) is 29.3 Å². The molecule has 12 heavy (non-hydrogen) atoms. The standard InChI is InChI=1S/C9H14N2O/c1-7(2)8(3)11(4)9-10-5-6-12-9/h5-7H,3H2,1-2,4H3. The van der Waals surface area contributed by atoms with Crippen molar-refractivity contribution in [3.63, 3.8) is 0 Å². The van der Waals surface area contributed by atoms with E-state index in [2.05, 4.69) is 25.4 Å². The van der Waals surface area contributed by atoms with E-state index in [4.69, 9.17) is 4.42 Å². The number of aromatic nitrogens is 1. The van der Waals surface area contributed by atoms with Gasteiger partial charge in [0.1, 0.15) is 6.26 Å². The van der Waals surface area contributed by atoms with E-state index in [0.29, 0.717) is 11.9 Å². The largest absolute Gasteiger partial charge is 0.432 e. The average molecular weight is 166 g/mol.